The van der Waals surface area contributed by atoms with Gasteiger partial charge in [0.2, 0.25) is 0 Å². The van der Waals surface area contributed by atoms with Crippen LogP contribution < -0.4 is 10.1 Å². The van der Waals surface area contributed by atoms with E-state index in [9.17, 15) is 5.11 Å². The molecular formula is C25H25N7O3. The van der Waals surface area contributed by atoms with E-state index in [1.54, 1.807) is 13.4 Å². The molecule has 4 heterocycles. The first-order chi connectivity index (χ1) is 17.0. The number of nitrogens with one attached hydrogen (secondary N) is 1. The van der Waals surface area contributed by atoms with Gasteiger partial charge in [-0.15, -0.1) is 10.2 Å². The highest BCUT2D eigenvalue weighted by Crippen LogP contribution is 2.32. The standard InChI is InChI=1S/C25H25N7O3/c1-15-24(16(2)35-31-15)22-11-21(17-7-8-32-14-27-30-23(32)10-17)28-25(29-22)18-5-4-6-20(9-18)34-13-19(33)12-26-3/h4-11,14,19,26,33H,12-13H2,1-3H3. The number of aromatic nitrogens is 6. The normalized spacial score (nSPS) is 12.2. The third-order valence-corrected chi connectivity index (χ3v) is 5.59. The molecule has 10 nitrogen and oxygen atoms in total. The van der Waals surface area contributed by atoms with Gasteiger partial charge in [0.05, 0.1) is 22.6 Å². The maximum absolute atomic E-state index is 9.97. The molecule has 0 saturated carbocycles. The molecule has 178 valence electrons. The van der Waals surface area contributed by atoms with E-state index in [4.69, 9.17) is 19.2 Å². The minimum absolute atomic E-state index is 0.174. The summed E-state index contributed by atoms with van der Waals surface area (Å²) in [6, 6.07) is 13.3. The highest BCUT2D eigenvalue weighted by Gasteiger charge is 2.18. The molecule has 0 fully saturated rings. The Morgan fingerprint density at radius 2 is 1.94 bits per heavy atom. The molecule has 0 aliphatic carbocycles. The number of nitrogens with zero attached hydrogens (tertiary/aromatic N) is 6. The van der Waals surface area contributed by atoms with Crippen LogP contribution in [0.3, 0.4) is 0 Å². The van der Waals surface area contributed by atoms with Gasteiger partial charge in [-0.25, -0.2) is 9.97 Å². The third-order valence-electron chi connectivity index (χ3n) is 5.59. The maximum atomic E-state index is 9.97. The van der Waals surface area contributed by atoms with E-state index in [2.05, 4.69) is 20.7 Å². The van der Waals surface area contributed by atoms with Crippen molar-refractivity contribution in [3.8, 4) is 39.7 Å². The van der Waals surface area contributed by atoms with Crippen molar-refractivity contribution in [2.45, 2.75) is 20.0 Å². The summed E-state index contributed by atoms with van der Waals surface area (Å²) in [4.78, 5) is 9.72. The van der Waals surface area contributed by atoms with E-state index in [-0.39, 0.29) is 6.61 Å². The number of aryl methyl sites for hydroxylation is 2. The highest BCUT2D eigenvalue weighted by atomic mass is 16.5. The summed E-state index contributed by atoms with van der Waals surface area (Å²) in [5.74, 6) is 1.83. The van der Waals surface area contributed by atoms with E-state index >= 15 is 0 Å². The van der Waals surface area contributed by atoms with Crippen molar-refractivity contribution in [1.82, 2.24) is 35.0 Å². The number of ether oxygens (including phenoxy) is 1. The maximum Gasteiger partial charge on any atom is 0.161 e. The number of hydrogen-bond acceptors (Lipinski definition) is 9. The first-order valence-electron chi connectivity index (χ1n) is 11.2. The number of likely N-dealkylation sites (N-methyl/N-ethyl adjacent to an activating group) is 1. The summed E-state index contributed by atoms with van der Waals surface area (Å²) in [7, 11) is 1.78. The molecule has 0 bridgehead atoms. The monoisotopic (exact) mass is 471 g/mol. The van der Waals surface area contributed by atoms with Crippen molar-refractivity contribution in [2.24, 2.45) is 0 Å². The number of pyridine rings is 1. The Morgan fingerprint density at radius 3 is 2.74 bits per heavy atom. The van der Waals surface area contributed by atoms with Crippen LogP contribution in [0, 0.1) is 13.8 Å². The first kappa shape index (κ1) is 22.6. The van der Waals surface area contributed by atoms with Gasteiger partial charge in [-0.1, -0.05) is 17.3 Å². The van der Waals surface area contributed by atoms with Crippen LogP contribution in [0.15, 0.2) is 59.5 Å². The predicted molar refractivity (Wildman–Crippen MR) is 130 cm³/mol. The van der Waals surface area contributed by atoms with Gasteiger partial charge in [-0.05, 0) is 51.2 Å². The van der Waals surface area contributed by atoms with Gasteiger partial charge in [-0.3, -0.25) is 4.40 Å². The zero-order valence-corrected chi connectivity index (χ0v) is 19.6. The summed E-state index contributed by atoms with van der Waals surface area (Å²) >= 11 is 0. The van der Waals surface area contributed by atoms with Gasteiger partial charge in [-0.2, -0.15) is 0 Å². The molecule has 1 unspecified atom stereocenters. The van der Waals surface area contributed by atoms with E-state index in [1.807, 2.05) is 66.9 Å². The molecule has 0 amide bonds. The lowest BCUT2D eigenvalue weighted by Crippen LogP contribution is -2.29. The zero-order chi connectivity index (χ0) is 24.4. The van der Waals surface area contributed by atoms with Crippen molar-refractivity contribution in [2.75, 3.05) is 20.2 Å². The number of rotatable bonds is 8. The molecule has 10 heteroatoms. The van der Waals surface area contributed by atoms with Crippen LogP contribution in [0.5, 0.6) is 5.75 Å². The van der Waals surface area contributed by atoms with E-state index in [1.165, 1.54) is 0 Å². The topological polar surface area (TPSA) is 123 Å². The van der Waals surface area contributed by atoms with E-state index in [0.717, 1.165) is 33.7 Å². The van der Waals surface area contributed by atoms with Crippen LogP contribution in [-0.4, -0.2) is 61.1 Å². The fourth-order valence-electron chi connectivity index (χ4n) is 3.89. The van der Waals surface area contributed by atoms with Crippen molar-refractivity contribution < 1.29 is 14.4 Å². The lowest BCUT2D eigenvalue weighted by Gasteiger charge is -2.13. The van der Waals surface area contributed by atoms with Crippen LogP contribution in [0.4, 0.5) is 0 Å². The molecular weight excluding hydrogens is 446 g/mol. The third kappa shape index (κ3) is 4.75. The van der Waals surface area contributed by atoms with Crippen molar-refractivity contribution in [3.05, 3.63) is 66.4 Å². The largest absolute Gasteiger partial charge is 0.491 e. The summed E-state index contributed by atoms with van der Waals surface area (Å²) in [5, 5.41) is 25.1. The molecule has 5 aromatic rings. The lowest BCUT2D eigenvalue weighted by atomic mass is 10.1. The second-order valence-corrected chi connectivity index (χ2v) is 8.22. The molecule has 2 N–H and O–H groups in total. The first-order valence-corrected chi connectivity index (χ1v) is 11.2. The average molecular weight is 472 g/mol. The molecule has 4 aromatic heterocycles. The fraction of sp³-hybridized carbons (Fsp3) is 0.240. The van der Waals surface area contributed by atoms with Gasteiger partial charge in [0.15, 0.2) is 11.5 Å². The van der Waals surface area contributed by atoms with Crippen LogP contribution >= 0.6 is 0 Å². The Morgan fingerprint density at radius 1 is 1.09 bits per heavy atom. The number of aliphatic hydroxyl groups excluding tert-OH is 1. The Balaban J connectivity index is 1.58. The van der Waals surface area contributed by atoms with Gasteiger partial charge in [0.25, 0.3) is 0 Å². The zero-order valence-electron chi connectivity index (χ0n) is 19.6. The Bertz CT molecular complexity index is 1460. The van der Waals surface area contributed by atoms with Crippen LogP contribution in [-0.2, 0) is 0 Å². The van der Waals surface area contributed by atoms with Crippen molar-refractivity contribution in [1.29, 1.82) is 0 Å². The van der Waals surface area contributed by atoms with Gasteiger partial charge in [0, 0.05) is 23.9 Å². The second-order valence-electron chi connectivity index (χ2n) is 8.22. The molecule has 1 aromatic carbocycles. The number of benzene rings is 1. The minimum Gasteiger partial charge on any atom is -0.491 e. The molecule has 0 spiro atoms. The summed E-state index contributed by atoms with van der Waals surface area (Å²) < 4.78 is 13.0. The summed E-state index contributed by atoms with van der Waals surface area (Å²) in [5.41, 5.74) is 5.40. The Labute approximate surface area is 201 Å². The fourth-order valence-corrected chi connectivity index (χ4v) is 3.89. The van der Waals surface area contributed by atoms with Crippen molar-refractivity contribution in [3.63, 3.8) is 0 Å². The molecule has 1 atom stereocenters. The van der Waals surface area contributed by atoms with Crippen LogP contribution in [0.1, 0.15) is 11.5 Å². The molecule has 5 rings (SSSR count). The molecule has 0 aliphatic heterocycles. The Hall–Kier alpha value is -4.15. The van der Waals surface area contributed by atoms with E-state index < -0.39 is 6.10 Å². The number of aliphatic hydroxyl groups is 1. The van der Waals surface area contributed by atoms with Gasteiger partial charge < -0.3 is 19.7 Å². The number of fused-ring (bicyclic) bond motifs is 1. The summed E-state index contributed by atoms with van der Waals surface area (Å²) in [6.45, 7) is 4.38. The SMILES string of the molecule is CNCC(O)COc1cccc(-c2nc(-c3ccn4cnnc4c3)cc(-c3c(C)noc3C)n2)c1. The molecule has 0 radical (unpaired) electrons. The van der Waals surface area contributed by atoms with Crippen LogP contribution in [0.25, 0.3) is 39.5 Å². The number of hydrogen-bond donors (Lipinski definition) is 2. The highest BCUT2D eigenvalue weighted by molar-refractivity contribution is 5.74. The smallest absolute Gasteiger partial charge is 0.161 e. The summed E-state index contributed by atoms with van der Waals surface area (Å²) in [6.07, 6.45) is 2.94. The lowest BCUT2D eigenvalue weighted by molar-refractivity contribution is 0.108. The second kappa shape index (κ2) is 9.61. The Kier molecular flexibility index (Phi) is 6.21. The van der Waals surface area contributed by atoms with Gasteiger partial charge >= 0.3 is 0 Å². The molecule has 0 saturated heterocycles. The van der Waals surface area contributed by atoms with E-state index in [0.29, 0.717) is 29.6 Å². The van der Waals surface area contributed by atoms with Gasteiger partial charge in [0.1, 0.15) is 30.5 Å². The molecule has 35 heavy (non-hydrogen) atoms. The molecule has 0 aliphatic rings. The quantitative estimate of drug-likeness (QED) is 0.351. The average Bonchev–Trinajstić information content (AvgIpc) is 3.48. The predicted octanol–water partition coefficient (Wildman–Crippen LogP) is 3.08. The van der Waals surface area contributed by atoms with Crippen LogP contribution in [0.2, 0.25) is 0 Å². The minimum atomic E-state index is -0.610. The van der Waals surface area contributed by atoms with Crippen molar-refractivity contribution >= 4 is 5.65 Å².